The van der Waals surface area contributed by atoms with E-state index < -0.39 is 25.3 Å². The molecule has 1 fully saturated rings. The van der Waals surface area contributed by atoms with Gasteiger partial charge in [-0.05, 0) is 12.8 Å². The third-order valence-electron chi connectivity index (χ3n) is 2.34. The molecule has 1 aliphatic rings. The van der Waals surface area contributed by atoms with Crippen LogP contribution in [-0.4, -0.2) is 56.5 Å². The van der Waals surface area contributed by atoms with Crippen LogP contribution in [0.25, 0.3) is 0 Å². The van der Waals surface area contributed by atoms with Gasteiger partial charge in [-0.15, -0.1) is 0 Å². The lowest BCUT2D eigenvalue weighted by Crippen LogP contribution is -2.38. The van der Waals surface area contributed by atoms with Crippen LogP contribution in [0.4, 0.5) is 13.2 Å². The van der Waals surface area contributed by atoms with Crippen molar-refractivity contribution in [1.29, 1.82) is 0 Å². The van der Waals surface area contributed by atoms with Crippen molar-refractivity contribution in [2.45, 2.75) is 25.1 Å². The molecular formula is C10H16F3NO3. The Hall–Kier alpha value is -0.820. The normalized spacial score (nSPS) is 16.0. The first-order valence-electron chi connectivity index (χ1n) is 5.37. The van der Waals surface area contributed by atoms with Crippen LogP contribution in [0, 0.1) is 0 Å². The van der Waals surface area contributed by atoms with Gasteiger partial charge in [-0.1, -0.05) is 0 Å². The molecule has 0 aromatic heterocycles. The topological polar surface area (TPSA) is 38.8 Å². The molecule has 17 heavy (non-hydrogen) atoms. The smallest absolute Gasteiger partial charge is 0.383 e. The van der Waals surface area contributed by atoms with Crippen LogP contribution in [0.15, 0.2) is 0 Å². The van der Waals surface area contributed by atoms with E-state index in [1.165, 1.54) is 12.0 Å². The van der Waals surface area contributed by atoms with E-state index in [1.807, 2.05) is 0 Å². The van der Waals surface area contributed by atoms with Gasteiger partial charge >= 0.3 is 6.18 Å². The first-order valence-corrected chi connectivity index (χ1v) is 5.37. The first kappa shape index (κ1) is 14.2. The van der Waals surface area contributed by atoms with Crippen LogP contribution >= 0.6 is 0 Å². The van der Waals surface area contributed by atoms with Crippen LogP contribution < -0.4 is 0 Å². The number of amides is 1. The van der Waals surface area contributed by atoms with E-state index in [0.29, 0.717) is 13.2 Å². The van der Waals surface area contributed by atoms with E-state index in [0.717, 1.165) is 12.8 Å². The number of carbonyl (C=O) groups excluding carboxylic acids is 1. The minimum absolute atomic E-state index is 0.145. The molecule has 0 saturated heterocycles. The van der Waals surface area contributed by atoms with Crippen LogP contribution in [0.2, 0.25) is 0 Å². The number of halogens is 3. The maximum Gasteiger partial charge on any atom is 0.411 e. The predicted octanol–water partition coefficient (Wildman–Crippen LogP) is 1.20. The molecule has 1 amide bonds. The van der Waals surface area contributed by atoms with Crippen molar-refractivity contribution in [3.05, 3.63) is 0 Å². The third kappa shape index (κ3) is 5.88. The van der Waals surface area contributed by atoms with Crippen LogP contribution in [0.1, 0.15) is 12.8 Å². The first-order chi connectivity index (χ1) is 7.94. The second-order valence-corrected chi connectivity index (χ2v) is 3.92. The summed E-state index contributed by atoms with van der Waals surface area (Å²) in [7, 11) is 1.51. The number of hydrogen-bond donors (Lipinski definition) is 0. The number of methoxy groups -OCH3 is 1. The minimum atomic E-state index is -4.39. The summed E-state index contributed by atoms with van der Waals surface area (Å²) in [4.78, 5) is 13.1. The maximum absolute atomic E-state index is 11.8. The minimum Gasteiger partial charge on any atom is -0.383 e. The fraction of sp³-hybridized carbons (Fsp3) is 0.900. The largest absolute Gasteiger partial charge is 0.411 e. The Bertz CT molecular complexity index is 254. The predicted molar refractivity (Wildman–Crippen MR) is 53.5 cm³/mol. The number of carbonyl (C=O) groups is 1. The van der Waals surface area contributed by atoms with Gasteiger partial charge in [0.05, 0.1) is 6.61 Å². The van der Waals surface area contributed by atoms with E-state index >= 15 is 0 Å². The number of alkyl halides is 3. The molecule has 0 bridgehead atoms. The second-order valence-electron chi connectivity index (χ2n) is 3.92. The Balaban J connectivity index is 2.27. The van der Waals surface area contributed by atoms with E-state index in [1.54, 1.807) is 0 Å². The number of ether oxygens (including phenoxy) is 2. The molecule has 0 spiro atoms. The summed E-state index contributed by atoms with van der Waals surface area (Å²) >= 11 is 0. The standard InChI is InChI=1S/C10H16F3NO3/c1-16-5-4-14(8-2-3-8)9(15)6-17-7-10(11,12)13/h8H,2-7H2,1H3. The Kier molecular flexibility index (Phi) is 5.20. The van der Waals surface area contributed by atoms with Crippen LogP contribution in [-0.2, 0) is 14.3 Å². The molecule has 7 heteroatoms. The quantitative estimate of drug-likeness (QED) is 0.686. The summed E-state index contributed by atoms with van der Waals surface area (Å²) in [6, 6.07) is 0.145. The van der Waals surface area contributed by atoms with Gasteiger partial charge in [-0.3, -0.25) is 4.79 Å². The van der Waals surface area contributed by atoms with E-state index in [9.17, 15) is 18.0 Å². The highest BCUT2D eigenvalue weighted by Crippen LogP contribution is 2.26. The van der Waals surface area contributed by atoms with Gasteiger partial charge in [-0.2, -0.15) is 13.2 Å². The zero-order valence-corrected chi connectivity index (χ0v) is 9.63. The molecule has 0 unspecified atom stereocenters. The lowest BCUT2D eigenvalue weighted by molar-refractivity contribution is -0.178. The molecule has 0 aromatic carbocycles. The molecule has 100 valence electrons. The summed E-state index contributed by atoms with van der Waals surface area (Å²) in [5, 5.41) is 0. The molecule has 0 atom stereocenters. The lowest BCUT2D eigenvalue weighted by Gasteiger charge is -2.22. The zero-order chi connectivity index (χ0) is 12.9. The summed E-state index contributed by atoms with van der Waals surface area (Å²) in [6.45, 7) is -1.14. The Labute approximate surface area is 97.7 Å². The third-order valence-corrected chi connectivity index (χ3v) is 2.34. The van der Waals surface area contributed by atoms with Crippen molar-refractivity contribution in [2.75, 3.05) is 33.5 Å². The summed E-state index contributed by atoms with van der Waals surface area (Å²) in [5.41, 5.74) is 0. The monoisotopic (exact) mass is 255 g/mol. The second kappa shape index (κ2) is 6.20. The molecule has 0 aromatic rings. The van der Waals surface area contributed by atoms with Crippen LogP contribution in [0.3, 0.4) is 0 Å². The summed E-state index contributed by atoms with van der Waals surface area (Å²) < 4.78 is 44.6. The SMILES string of the molecule is COCCN(C(=O)COCC(F)(F)F)C1CC1. The van der Waals surface area contributed by atoms with Gasteiger partial charge in [0, 0.05) is 19.7 Å². The fourth-order valence-electron chi connectivity index (χ4n) is 1.42. The van der Waals surface area contributed by atoms with Crippen molar-refractivity contribution < 1.29 is 27.4 Å². The average molecular weight is 255 g/mol. The van der Waals surface area contributed by atoms with Gasteiger partial charge < -0.3 is 14.4 Å². The Morgan fingerprint density at radius 1 is 1.41 bits per heavy atom. The van der Waals surface area contributed by atoms with E-state index in [4.69, 9.17) is 4.74 Å². The van der Waals surface area contributed by atoms with Crippen molar-refractivity contribution in [2.24, 2.45) is 0 Å². The summed E-state index contributed by atoms with van der Waals surface area (Å²) in [5.74, 6) is -0.409. The fourth-order valence-corrected chi connectivity index (χ4v) is 1.42. The molecule has 0 radical (unpaired) electrons. The van der Waals surface area contributed by atoms with Crippen LogP contribution in [0.5, 0.6) is 0 Å². The molecule has 0 aliphatic heterocycles. The maximum atomic E-state index is 11.8. The molecule has 1 aliphatic carbocycles. The van der Waals surface area contributed by atoms with Gasteiger partial charge in [0.2, 0.25) is 5.91 Å². The Morgan fingerprint density at radius 2 is 2.06 bits per heavy atom. The molecule has 0 N–H and O–H groups in total. The lowest BCUT2D eigenvalue weighted by atomic mass is 10.4. The Morgan fingerprint density at radius 3 is 2.53 bits per heavy atom. The highest BCUT2D eigenvalue weighted by molar-refractivity contribution is 5.78. The van der Waals surface area contributed by atoms with Crippen molar-refractivity contribution >= 4 is 5.91 Å². The molecular weight excluding hydrogens is 239 g/mol. The van der Waals surface area contributed by atoms with E-state index in [-0.39, 0.29) is 6.04 Å². The highest BCUT2D eigenvalue weighted by atomic mass is 19.4. The van der Waals surface area contributed by atoms with Gasteiger partial charge in [-0.25, -0.2) is 0 Å². The molecule has 4 nitrogen and oxygen atoms in total. The molecule has 1 rings (SSSR count). The summed E-state index contributed by atoms with van der Waals surface area (Å²) in [6.07, 6.45) is -2.60. The van der Waals surface area contributed by atoms with Crippen molar-refractivity contribution in [3.8, 4) is 0 Å². The van der Waals surface area contributed by atoms with E-state index in [2.05, 4.69) is 4.74 Å². The average Bonchev–Trinajstić information content (AvgIpc) is 3.00. The highest BCUT2D eigenvalue weighted by Gasteiger charge is 2.33. The number of rotatable bonds is 7. The molecule has 1 saturated carbocycles. The van der Waals surface area contributed by atoms with Gasteiger partial charge in [0.15, 0.2) is 0 Å². The van der Waals surface area contributed by atoms with Gasteiger partial charge in [0.25, 0.3) is 0 Å². The molecule has 0 heterocycles. The number of hydrogen-bond acceptors (Lipinski definition) is 3. The van der Waals surface area contributed by atoms with Crippen molar-refractivity contribution in [3.63, 3.8) is 0 Å². The number of nitrogens with zero attached hydrogens (tertiary/aromatic N) is 1. The van der Waals surface area contributed by atoms with Gasteiger partial charge in [0.1, 0.15) is 13.2 Å². The zero-order valence-electron chi connectivity index (χ0n) is 9.63. The van der Waals surface area contributed by atoms with Crippen molar-refractivity contribution in [1.82, 2.24) is 4.90 Å².